The number of carbonyl (C=O) groups is 3. The first-order chi connectivity index (χ1) is 20.8. The van der Waals surface area contributed by atoms with Crippen molar-refractivity contribution in [3.63, 3.8) is 0 Å². The maximum atomic E-state index is 14.4. The van der Waals surface area contributed by atoms with Gasteiger partial charge in [-0.1, -0.05) is 54.6 Å². The molecule has 8 nitrogen and oxygen atoms in total. The molecule has 0 saturated carbocycles. The van der Waals surface area contributed by atoms with Gasteiger partial charge in [-0.15, -0.1) is 0 Å². The highest BCUT2D eigenvalue weighted by molar-refractivity contribution is 6.03. The van der Waals surface area contributed by atoms with Crippen LogP contribution in [0.15, 0.2) is 109 Å². The topological polar surface area (TPSA) is 85.9 Å². The zero-order valence-corrected chi connectivity index (χ0v) is 23.9. The largest absolute Gasteiger partial charge is 0.457 e. The van der Waals surface area contributed by atoms with E-state index in [2.05, 4.69) is 4.98 Å². The maximum absolute atomic E-state index is 14.4. The monoisotopic (exact) mass is 578 g/mol. The van der Waals surface area contributed by atoms with Crippen molar-refractivity contribution in [3.8, 4) is 11.5 Å². The van der Waals surface area contributed by atoms with Crippen LogP contribution in [0, 0.1) is 5.82 Å². The number of H-pyrrole nitrogens is 1. The average molecular weight is 579 g/mol. The minimum Gasteiger partial charge on any atom is -0.457 e. The predicted molar refractivity (Wildman–Crippen MR) is 163 cm³/mol. The summed E-state index contributed by atoms with van der Waals surface area (Å²) in [7, 11) is 3.24. The number of likely N-dealkylation sites (N-methyl/N-ethyl adjacent to an activating group) is 2. The van der Waals surface area contributed by atoms with Crippen LogP contribution in [0.25, 0.3) is 10.9 Å². The molecule has 0 aliphatic carbocycles. The van der Waals surface area contributed by atoms with E-state index < -0.39 is 17.6 Å². The number of amides is 3. The second-order valence-corrected chi connectivity index (χ2v) is 10.1. The number of aromatic nitrogens is 1. The highest BCUT2D eigenvalue weighted by Crippen LogP contribution is 2.24. The third-order valence-corrected chi connectivity index (χ3v) is 7.05. The molecule has 1 heterocycles. The van der Waals surface area contributed by atoms with Crippen molar-refractivity contribution in [3.05, 3.63) is 126 Å². The molecule has 4 aromatic carbocycles. The molecular formula is C34H31FN4O4. The van der Waals surface area contributed by atoms with Crippen LogP contribution in [0.1, 0.15) is 16.1 Å². The summed E-state index contributed by atoms with van der Waals surface area (Å²) in [6.07, 6.45) is 0. The summed E-state index contributed by atoms with van der Waals surface area (Å²) in [5.41, 5.74) is 2.03. The van der Waals surface area contributed by atoms with Gasteiger partial charge in [0.25, 0.3) is 5.91 Å². The van der Waals surface area contributed by atoms with E-state index in [4.69, 9.17) is 4.74 Å². The summed E-state index contributed by atoms with van der Waals surface area (Å²) in [6.45, 7) is -0.381. The number of benzene rings is 4. The Morgan fingerprint density at radius 3 is 2.05 bits per heavy atom. The number of carbonyl (C=O) groups excluding carboxylic acids is 3. The summed E-state index contributed by atoms with van der Waals surface area (Å²) in [4.78, 5) is 47.4. The van der Waals surface area contributed by atoms with Crippen LogP contribution in [0.4, 0.5) is 10.1 Å². The van der Waals surface area contributed by atoms with Crippen molar-refractivity contribution in [2.24, 2.45) is 0 Å². The molecule has 0 atom stereocenters. The molecule has 43 heavy (non-hydrogen) atoms. The highest BCUT2D eigenvalue weighted by Gasteiger charge is 2.26. The number of ether oxygens (including phenoxy) is 1. The molecule has 9 heteroatoms. The van der Waals surface area contributed by atoms with Crippen molar-refractivity contribution in [1.82, 2.24) is 14.8 Å². The Morgan fingerprint density at radius 1 is 0.744 bits per heavy atom. The van der Waals surface area contributed by atoms with E-state index in [1.54, 1.807) is 44.4 Å². The zero-order valence-electron chi connectivity index (χ0n) is 23.9. The molecule has 0 fully saturated rings. The van der Waals surface area contributed by atoms with E-state index in [0.717, 1.165) is 5.56 Å². The van der Waals surface area contributed by atoms with Gasteiger partial charge < -0.3 is 24.4 Å². The number of rotatable bonds is 10. The number of nitrogens with zero attached hydrogens (tertiary/aromatic N) is 3. The minimum atomic E-state index is -0.592. The fourth-order valence-electron chi connectivity index (χ4n) is 4.61. The number of anilines is 1. The highest BCUT2D eigenvalue weighted by atomic mass is 19.1. The molecular weight excluding hydrogens is 547 g/mol. The molecule has 0 aliphatic rings. The number of fused-ring (bicyclic) bond motifs is 1. The smallest absolute Gasteiger partial charge is 0.271 e. The molecule has 0 unspecified atom stereocenters. The number of hydrogen-bond donors (Lipinski definition) is 1. The Hall–Kier alpha value is -5.44. The van der Waals surface area contributed by atoms with E-state index in [1.807, 2.05) is 60.7 Å². The first-order valence-electron chi connectivity index (χ1n) is 13.7. The van der Waals surface area contributed by atoms with Gasteiger partial charge in [-0.3, -0.25) is 14.4 Å². The molecule has 5 rings (SSSR count). The van der Waals surface area contributed by atoms with E-state index in [1.165, 1.54) is 32.9 Å². The number of hydrogen-bond acceptors (Lipinski definition) is 4. The van der Waals surface area contributed by atoms with Gasteiger partial charge in [0, 0.05) is 37.2 Å². The predicted octanol–water partition coefficient (Wildman–Crippen LogP) is 5.86. The standard InChI is InChI=1S/C34H31FN4O4/c1-37(21-24-10-5-3-6-11-24)32(40)22-39(34(42)31-20-28-29(35)14-9-15-30(28)36-31)23-33(41)38(2)25-16-18-27(19-17-25)43-26-12-7-4-8-13-26/h3-20,36H,21-23H2,1-2H3. The van der Waals surface area contributed by atoms with Crippen LogP contribution in [0.2, 0.25) is 0 Å². The summed E-state index contributed by atoms with van der Waals surface area (Å²) < 4.78 is 20.2. The fourth-order valence-corrected chi connectivity index (χ4v) is 4.61. The minimum absolute atomic E-state index is 0.0801. The lowest BCUT2D eigenvalue weighted by molar-refractivity contribution is -0.131. The van der Waals surface area contributed by atoms with Crippen LogP contribution in [0.5, 0.6) is 11.5 Å². The summed E-state index contributed by atoms with van der Waals surface area (Å²) in [5.74, 6) is -0.541. The maximum Gasteiger partial charge on any atom is 0.271 e. The Morgan fingerprint density at radius 2 is 1.37 bits per heavy atom. The van der Waals surface area contributed by atoms with Crippen LogP contribution in [-0.2, 0) is 16.1 Å². The third kappa shape index (κ3) is 7.08. The molecule has 1 N–H and O–H groups in total. The van der Waals surface area contributed by atoms with E-state index >= 15 is 0 Å². The summed E-state index contributed by atoms with van der Waals surface area (Å²) in [5, 5.41) is 0.250. The van der Waals surface area contributed by atoms with E-state index in [9.17, 15) is 18.8 Å². The average Bonchev–Trinajstić information content (AvgIpc) is 3.47. The summed E-state index contributed by atoms with van der Waals surface area (Å²) in [6, 6.07) is 31.7. The quantitative estimate of drug-likeness (QED) is 0.225. The molecule has 218 valence electrons. The van der Waals surface area contributed by atoms with E-state index in [0.29, 0.717) is 29.2 Å². The van der Waals surface area contributed by atoms with Crippen molar-refractivity contribution in [2.45, 2.75) is 6.54 Å². The summed E-state index contributed by atoms with van der Waals surface area (Å²) >= 11 is 0. The lowest BCUT2D eigenvalue weighted by Crippen LogP contribution is -2.46. The number of aromatic amines is 1. The SMILES string of the molecule is CN(Cc1ccccc1)C(=O)CN(CC(=O)N(C)c1ccc(Oc2ccccc2)cc1)C(=O)c1cc2c(F)cccc2[nH]1. The first-order valence-corrected chi connectivity index (χ1v) is 13.7. The number of nitrogens with one attached hydrogen (secondary N) is 1. The molecule has 1 aromatic heterocycles. The second kappa shape index (κ2) is 13.0. The van der Waals surface area contributed by atoms with Gasteiger partial charge in [0.05, 0.1) is 0 Å². The van der Waals surface area contributed by atoms with Gasteiger partial charge in [-0.2, -0.15) is 0 Å². The molecule has 5 aromatic rings. The van der Waals surface area contributed by atoms with Crippen LogP contribution in [-0.4, -0.2) is 59.7 Å². The van der Waals surface area contributed by atoms with Gasteiger partial charge in [-0.05, 0) is 60.2 Å². The Kier molecular flexibility index (Phi) is 8.81. The van der Waals surface area contributed by atoms with Gasteiger partial charge in [-0.25, -0.2) is 4.39 Å². The number of para-hydroxylation sites is 1. The molecule has 0 aliphatic heterocycles. The molecule has 3 amide bonds. The van der Waals surface area contributed by atoms with Crippen molar-refractivity contribution < 1.29 is 23.5 Å². The van der Waals surface area contributed by atoms with Gasteiger partial charge in [0.15, 0.2) is 0 Å². The van der Waals surface area contributed by atoms with Crippen molar-refractivity contribution in [1.29, 1.82) is 0 Å². The van der Waals surface area contributed by atoms with Gasteiger partial charge >= 0.3 is 0 Å². The van der Waals surface area contributed by atoms with Crippen LogP contribution < -0.4 is 9.64 Å². The van der Waals surface area contributed by atoms with Crippen LogP contribution in [0.3, 0.4) is 0 Å². The Labute approximate surface area is 248 Å². The Balaban J connectivity index is 1.33. The van der Waals surface area contributed by atoms with Gasteiger partial charge in [0.1, 0.15) is 36.1 Å². The Bertz CT molecular complexity index is 1720. The van der Waals surface area contributed by atoms with Gasteiger partial charge in [0.2, 0.25) is 11.8 Å². The molecule has 0 saturated heterocycles. The fraction of sp³-hybridized carbons (Fsp3) is 0.147. The zero-order chi connectivity index (χ0) is 30.3. The second-order valence-electron chi connectivity index (χ2n) is 10.1. The van der Waals surface area contributed by atoms with E-state index in [-0.39, 0.29) is 30.1 Å². The van der Waals surface area contributed by atoms with Crippen LogP contribution >= 0.6 is 0 Å². The van der Waals surface area contributed by atoms with Crippen molar-refractivity contribution in [2.75, 3.05) is 32.1 Å². The lowest BCUT2D eigenvalue weighted by atomic mass is 10.2. The lowest BCUT2D eigenvalue weighted by Gasteiger charge is -2.27. The third-order valence-electron chi connectivity index (χ3n) is 7.05. The van der Waals surface area contributed by atoms with Crippen molar-refractivity contribution >= 4 is 34.3 Å². The first kappa shape index (κ1) is 29.1. The number of halogens is 1. The molecule has 0 radical (unpaired) electrons. The normalized spacial score (nSPS) is 10.8. The molecule has 0 bridgehead atoms. The molecule has 0 spiro atoms.